The molecule has 0 aliphatic carbocycles. The number of hydrogen-bond donors (Lipinski definition) is 1. The maximum Gasteiger partial charge on any atom is 0.312 e. The number of carbonyl (C=O) groups is 1. The van der Waals surface area contributed by atoms with Gasteiger partial charge in [-0.25, -0.2) is 0 Å². The van der Waals surface area contributed by atoms with E-state index in [9.17, 15) is 14.9 Å². The largest absolute Gasteiger partial charge is 0.495 e. The zero-order valence-electron chi connectivity index (χ0n) is 13.7. The Hall–Kier alpha value is -2.61. The Balaban J connectivity index is 2.30. The quantitative estimate of drug-likeness (QED) is 0.657. The molecule has 1 heterocycles. The van der Waals surface area contributed by atoms with E-state index >= 15 is 0 Å². The van der Waals surface area contributed by atoms with Crippen LogP contribution in [-0.2, 0) is 4.79 Å². The first-order valence-electron chi connectivity index (χ1n) is 7.10. The van der Waals surface area contributed by atoms with Gasteiger partial charge in [0, 0.05) is 5.02 Å². The van der Waals surface area contributed by atoms with Gasteiger partial charge in [-0.1, -0.05) is 11.6 Å². The highest BCUT2D eigenvalue weighted by molar-refractivity contribution is 6.31. The lowest BCUT2D eigenvalue weighted by Gasteiger charge is -2.16. The Bertz CT molecular complexity index is 803. The van der Waals surface area contributed by atoms with E-state index in [1.807, 2.05) is 0 Å². The Kier molecular flexibility index (Phi) is 5.08. The van der Waals surface area contributed by atoms with Crippen LogP contribution in [0.3, 0.4) is 0 Å². The third-order valence-corrected chi connectivity index (χ3v) is 3.87. The van der Waals surface area contributed by atoms with Gasteiger partial charge in [-0.05, 0) is 39.0 Å². The third kappa shape index (κ3) is 3.33. The third-order valence-electron chi connectivity index (χ3n) is 3.64. The van der Waals surface area contributed by atoms with E-state index in [1.54, 1.807) is 32.0 Å². The number of nitrogens with one attached hydrogen (secondary N) is 1. The molecule has 1 atom stereocenters. The molecule has 0 saturated heterocycles. The fraction of sp³-hybridized carbons (Fsp3) is 0.333. The predicted octanol–water partition coefficient (Wildman–Crippen LogP) is 3.27. The van der Waals surface area contributed by atoms with E-state index in [0.717, 1.165) is 0 Å². The second-order valence-electron chi connectivity index (χ2n) is 5.23. The Morgan fingerprint density at radius 1 is 1.46 bits per heavy atom. The number of benzene rings is 1. The molecule has 0 bridgehead atoms. The summed E-state index contributed by atoms with van der Waals surface area (Å²) >= 11 is 5.94. The van der Waals surface area contributed by atoms with Gasteiger partial charge in [0.1, 0.15) is 23.2 Å². The SMILES string of the molecule is COc1ccc(Cl)cc1NC(=O)C(C)n1nc(C)c([N+](=O)[O-])c1C. The van der Waals surface area contributed by atoms with Gasteiger partial charge in [-0.2, -0.15) is 5.10 Å². The van der Waals surface area contributed by atoms with Crippen molar-refractivity contribution < 1.29 is 14.5 Å². The first-order valence-corrected chi connectivity index (χ1v) is 7.48. The van der Waals surface area contributed by atoms with Crippen LogP contribution in [0.1, 0.15) is 24.4 Å². The van der Waals surface area contributed by atoms with Crippen LogP contribution >= 0.6 is 11.6 Å². The minimum Gasteiger partial charge on any atom is -0.495 e. The van der Waals surface area contributed by atoms with E-state index in [1.165, 1.54) is 18.7 Å². The minimum atomic E-state index is -0.749. The van der Waals surface area contributed by atoms with Crippen molar-refractivity contribution in [3.05, 3.63) is 44.7 Å². The smallest absolute Gasteiger partial charge is 0.312 e. The number of nitrogens with zero attached hydrogens (tertiary/aromatic N) is 3. The van der Waals surface area contributed by atoms with Crippen molar-refractivity contribution in [2.24, 2.45) is 0 Å². The molecule has 128 valence electrons. The number of hydrogen-bond acceptors (Lipinski definition) is 5. The van der Waals surface area contributed by atoms with Crippen molar-refractivity contribution >= 4 is 28.9 Å². The molecule has 0 aliphatic heterocycles. The number of amides is 1. The molecule has 9 heteroatoms. The number of rotatable bonds is 5. The maximum absolute atomic E-state index is 12.5. The van der Waals surface area contributed by atoms with Gasteiger partial charge in [0.25, 0.3) is 0 Å². The van der Waals surface area contributed by atoms with Crippen molar-refractivity contribution in [2.75, 3.05) is 12.4 Å². The van der Waals surface area contributed by atoms with E-state index in [0.29, 0.717) is 22.2 Å². The molecule has 24 heavy (non-hydrogen) atoms. The van der Waals surface area contributed by atoms with Gasteiger partial charge in [0.2, 0.25) is 5.91 Å². The molecule has 2 aromatic rings. The van der Waals surface area contributed by atoms with E-state index in [-0.39, 0.29) is 11.4 Å². The molecule has 0 spiro atoms. The van der Waals surface area contributed by atoms with Crippen LogP contribution in [-0.4, -0.2) is 27.7 Å². The predicted molar refractivity (Wildman–Crippen MR) is 89.7 cm³/mol. The number of anilines is 1. The highest BCUT2D eigenvalue weighted by Crippen LogP contribution is 2.29. The van der Waals surface area contributed by atoms with E-state index in [4.69, 9.17) is 16.3 Å². The van der Waals surface area contributed by atoms with Crippen LogP contribution in [0.25, 0.3) is 0 Å². The Morgan fingerprint density at radius 2 is 2.12 bits per heavy atom. The van der Waals surface area contributed by atoms with Crippen molar-refractivity contribution in [1.29, 1.82) is 0 Å². The Labute approximate surface area is 143 Å². The van der Waals surface area contributed by atoms with Crippen LogP contribution in [0, 0.1) is 24.0 Å². The highest BCUT2D eigenvalue weighted by atomic mass is 35.5. The van der Waals surface area contributed by atoms with E-state index in [2.05, 4.69) is 10.4 Å². The summed E-state index contributed by atoms with van der Waals surface area (Å²) in [5, 5.41) is 18.3. The first kappa shape index (κ1) is 17.7. The average Bonchev–Trinajstić information content (AvgIpc) is 2.81. The fourth-order valence-corrected chi connectivity index (χ4v) is 2.59. The zero-order chi connectivity index (χ0) is 18.0. The summed E-state index contributed by atoms with van der Waals surface area (Å²) in [4.78, 5) is 23.1. The summed E-state index contributed by atoms with van der Waals surface area (Å²) in [6.07, 6.45) is 0. The van der Waals surface area contributed by atoms with Crippen LogP contribution in [0.2, 0.25) is 5.02 Å². The van der Waals surface area contributed by atoms with Gasteiger partial charge in [-0.3, -0.25) is 19.6 Å². The molecule has 0 aliphatic rings. The first-order chi connectivity index (χ1) is 11.3. The lowest BCUT2D eigenvalue weighted by molar-refractivity contribution is -0.386. The van der Waals surface area contributed by atoms with Crippen molar-refractivity contribution in [3.63, 3.8) is 0 Å². The number of ether oxygens (including phenoxy) is 1. The average molecular weight is 353 g/mol. The normalized spacial score (nSPS) is 11.9. The van der Waals surface area contributed by atoms with E-state index < -0.39 is 16.9 Å². The summed E-state index contributed by atoms with van der Waals surface area (Å²) in [6, 6.07) is 4.09. The van der Waals surface area contributed by atoms with Crippen molar-refractivity contribution in [2.45, 2.75) is 26.8 Å². The highest BCUT2D eigenvalue weighted by Gasteiger charge is 2.27. The number of aryl methyl sites for hydroxylation is 1. The van der Waals surface area contributed by atoms with Crippen molar-refractivity contribution in [1.82, 2.24) is 9.78 Å². The molecule has 1 unspecified atom stereocenters. The van der Waals surface area contributed by atoms with Gasteiger partial charge in [-0.15, -0.1) is 0 Å². The number of carbonyl (C=O) groups excluding carboxylic acids is 1. The van der Waals surface area contributed by atoms with Gasteiger partial charge >= 0.3 is 5.69 Å². The minimum absolute atomic E-state index is 0.0880. The van der Waals surface area contributed by atoms with Gasteiger partial charge < -0.3 is 10.1 Å². The molecular formula is C15H17ClN4O4. The van der Waals surface area contributed by atoms with Crippen LogP contribution < -0.4 is 10.1 Å². The molecular weight excluding hydrogens is 336 g/mol. The topological polar surface area (TPSA) is 99.3 Å². The number of methoxy groups -OCH3 is 1. The second kappa shape index (κ2) is 6.88. The standard InChI is InChI=1S/C15H17ClN4O4/c1-8-14(20(22)23)9(2)19(18-8)10(3)15(21)17-12-7-11(16)5-6-13(12)24-4/h5-7,10H,1-4H3,(H,17,21). The summed E-state index contributed by atoms with van der Waals surface area (Å²) in [6.45, 7) is 4.70. The molecule has 1 amide bonds. The molecule has 0 radical (unpaired) electrons. The van der Waals surface area contributed by atoms with Crippen LogP contribution in [0.15, 0.2) is 18.2 Å². The summed E-state index contributed by atoms with van der Waals surface area (Å²) in [5.74, 6) is 0.0652. The van der Waals surface area contributed by atoms with Crippen LogP contribution in [0.4, 0.5) is 11.4 Å². The monoisotopic (exact) mass is 352 g/mol. The summed E-state index contributed by atoms with van der Waals surface area (Å²) in [5.41, 5.74) is 0.906. The van der Waals surface area contributed by atoms with Crippen LogP contribution in [0.5, 0.6) is 5.75 Å². The zero-order valence-corrected chi connectivity index (χ0v) is 14.4. The summed E-state index contributed by atoms with van der Waals surface area (Å²) in [7, 11) is 1.48. The fourth-order valence-electron chi connectivity index (χ4n) is 2.42. The lowest BCUT2D eigenvalue weighted by Crippen LogP contribution is -2.25. The molecule has 8 nitrogen and oxygen atoms in total. The second-order valence-corrected chi connectivity index (χ2v) is 5.67. The summed E-state index contributed by atoms with van der Waals surface area (Å²) < 4.78 is 6.51. The Morgan fingerprint density at radius 3 is 2.67 bits per heavy atom. The van der Waals surface area contributed by atoms with Gasteiger partial charge in [0.15, 0.2) is 0 Å². The molecule has 1 N–H and O–H groups in total. The molecule has 0 saturated carbocycles. The molecule has 0 fully saturated rings. The van der Waals surface area contributed by atoms with Crippen molar-refractivity contribution in [3.8, 4) is 5.75 Å². The molecule has 1 aromatic heterocycles. The van der Waals surface area contributed by atoms with Gasteiger partial charge in [0.05, 0.1) is 17.7 Å². The number of nitro groups is 1. The molecule has 2 rings (SSSR count). The molecule has 1 aromatic carbocycles. The number of halogens is 1. The maximum atomic E-state index is 12.5. The lowest BCUT2D eigenvalue weighted by atomic mass is 10.2. The number of aromatic nitrogens is 2.